The fourth-order valence-corrected chi connectivity index (χ4v) is 4.58. The predicted octanol–water partition coefficient (Wildman–Crippen LogP) is 4.15. The van der Waals surface area contributed by atoms with E-state index >= 15 is 0 Å². The third kappa shape index (κ3) is 3.91. The average Bonchev–Trinajstić information content (AvgIpc) is 3.34. The van der Waals surface area contributed by atoms with Crippen LogP contribution >= 0.6 is 11.3 Å². The Bertz CT molecular complexity index is 1100. The van der Waals surface area contributed by atoms with Crippen molar-refractivity contribution < 1.29 is 19.4 Å². The molecule has 7 heteroatoms. The van der Waals surface area contributed by atoms with Gasteiger partial charge in [0.1, 0.15) is 23.6 Å². The quantitative estimate of drug-likeness (QED) is 0.626. The number of ether oxygens (including phenoxy) is 1. The van der Waals surface area contributed by atoms with E-state index in [2.05, 4.69) is 5.32 Å². The van der Waals surface area contributed by atoms with Gasteiger partial charge in [0, 0.05) is 17.2 Å². The summed E-state index contributed by atoms with van der Waals surface area (Å²) in [5.41, 5.74) is 4.42. The summed E-state index contributed by atoms with van der Waals surface area (Å²) in [7, 11) is 0. The minimum Gasteiger partial charge on any atom is -0.480 e. The molecule has 0 aliphatic heterocycles. The van der Waals surface area contributed by atoms with Crippen LogP contribution in [0.1, 0.15) is 26.8 Å². The van der Waals surface area contributed by atoms with Crippen molar-refractivity contribution in [3.63, 3.8) is 0 Å². The van der Waals surface area contributed by atoms with Gasteiger partial charge in [-0.1, -0.05) is 48.5 Å². The first-order chi connectivity index (χ1) is 14.6. The lowest BCUT2D eigenvalue weighted by Crippen LogP contribution is -2.42. The molecular weight excluding hydrogens is 400 g/mol. The third-order valence-corrected chi connectivity index (χ3v) is 6.12. The summed E-state index contributed by atoms with van der Waals surface area (Å²) in [6, 6.07) is 20.2. The van der Waals surface area contributed by atoms with Crippen LogP contribution in [0.2, 0.25) is 0 Å². The van der Waals surface area contributed by atoms with Gasteiger partial charge < -0.3 is 15.2 Å². The number of aliphatic carboxylic acids is 1. The number of alkyl carbamates (subject to hydrolysis) is 1. The summed E-state index contributed by atoms with van der Waals surface area (Å²) in [5.74, 6) is -1.25. The zero-order chi connectivity index (χ0) is 21.1. The molecule has 1 aliphatic rings. The van der Waals surface area contributed by atoms with Crippen LogP contribution in [0.5, 0.6) is 0 Å². The second kappa shape index (κ2) is 8.39. The van der Waals surface area contributed by atoms with E-state index in [-0.39, 0.29) is 18.9 Å². The second-order valence-corrected chi connectivity index (χ2v) is 8.11. The molecule has 1 amide bonds. The highest BCUT2D eigenvalue weighted by atomic mass is 32.1. The summed E-state index contributed by atoms with van der Waals surface area (Å²) in [5, 5.41) is 20.8. The number of rotatable bonds is 6. The molecule has 0 fully saturated rings. The van der Waals surface area contributed by atoms with Crippen molar-refractivity contribution >= 4 is 23.4 Å². The van der Waals surface area contributed by atoms with Gasteiger partial charge >= 0.3 is 12.1 Å². The molecule has 30 heavy (non-hydrogen) atoms. The molecule has 1 aromatic heterocycles. The van der Waals surface area contributed by atoms with Crippen molar-refractivity contribution in [3.8, 4) is 17.2 Å². The van der Waals surface area contributed by atoms with E-state index in [9.17, 15) is 14.7 Å². The first-order valence-electron chi connectivity index (χ1n) is 9.40. The van der Waals surface area contributed by atoms with Crippen LogP contribution in [0.4, 0.5) is 4.79 Å². The van der Waals surface area contributed by atoms with E-state index in [1.807, 2.05) is 54.6 Å². The second-order valence-electron chi connectivity index (χ2n) is 6.94. The maximum Gasteiger partial charge on any atom is 0.407 e. The Balaban J connectivity index is 1.43. The number of thiophene rings is 1. The molecule has 1 aliphatic carbocycles. The molecule has 6 nitrogen and oxygen atoms in total. The highest BCUT2D eigenvalue weighted by molar-refractivity contribution is 7.12. The van der Waals surface area contributed by atoms with E-state index in [1.54, 1.807) is 12.1 Å². The summed E-state index contributed by atoms with van der Waals surface area (Å²) < 4.78 is 5.42. The van der Waals surface area contributed by atoms with E-state index in [1.165, 1.54) is 11.3 Å². The van der Waals surface area contributed by atoms with Gasteiger partial charge in [-0.25, -0.2) is 9.59 Å². The smallest absolute Gasteiger partial charge is 0.407 e. The van der Waals surface area contributed by atoms with Crippen molar-refractivity contribution in [1.82, 2.24) is 5.32 Å². The molecule has 1 atom stereocenters. The number of amides is 1. The minimum absolute atomic E-state index is 0.0892. The van der Waals surface area contributed by atoms with Gasteiger partial charge in [-0.2, -0.15) is 5.26 Å². The molecule has 0 unspecified atom stereocenters. The number of carboxylic acid groups (broad SMARTS) is 1. The van der Waals surface area contributed by atoms with Crippen LogP contribution in [0, 0.1) is 11.3 Å². The van der Waals surface area contributed by atoms with E-state index in [0.717, 1.165) is 22.3 Å². The monoisotopic (exact) mass is 418 g/mol. The van der Waals surface area contributed by atoms with E-state index in [4.69, 9.17) is 10.00 Å². The SMILES string of the molecule is N#Cc1ccc(C[C@H](NC(=O)OCC2c3ccccc3-c3ccccc32)C(=O)O)s1. The topological polar surface area (TPSA) is 99.4 Å². The fraction of sp³-hybridized carbons (Fsp3) is 0.174. The van der Waals surface area contributed by atoms with Crippen LogP contribution < -0.4 is 5.32 Å². The lowest BCUT2D eigenvalue weighted by atomic mass is 9.98. The number of carbonyl (C=O) groups is 2. The standard InChI is InChI=1S/C23H18N2O4S/c24-12-15-10-9-14(30-15)11-21(22(26)27)25-23(28)29-13-20-18-7-3-1-5-16(18)17-6-2-4-8-19(17)20/h1-10,20-21H,11,13H2,(H,25,28)(H,26,27)/t21-/m0/s1. The molecule has 0 radical (unpaired) electrons. The Labute approximate surface area is 177 Å². The molecule has 4 rings (SSSR count). The highest BCUT2D eigenvalue weighted by Gasteiger charge is 2.29. The van der Waals surface area contributed by atoms with E-state index < -0.39 is 18.1 Å². The van der Waals surface area contributed by atoms with Crippen LogP contribution in [0.25, 0.3) is 11.1 Å². The molecule has 0 saturated heterocycles. The first kappa shape index (κ1) is 19.7. The van der Waals surface area contributed by atoms with Gasteiger partial charge in [0.25, 0.3) is 0 Å². The Kier molecular flexibility index (Phi) is 5.50. The normalized spacial score (nSPS) is 13.0. The minimum atomic E-state index is -1.16. The van der Waals surface area contributed by atoms with Crippen LogP contribution in [0.3, 0.4) is 0 Å². The maximum absolute atomic E-state index is 12.3. The fourth-order valence-electron chi connectivity index (χ4n) is 3.73. The lowest BCUT2D eigenvalue weighted by Gasteiger charge is -2.17. The lowest BCUT2D eigenvalue weighted by molar-refractivity contribution is -0.139. The number of hydrogen-bond acceptors (Lipinski definition) is 5. The average molecular weight is 418 g/mol. The summed E-state index contributed by atoms with van der Waals surface area (Å²) >= 11 is 1.21. The van der Waals surface area contributed by atoms with Crippen LogP contribution in [-0.4, -0.2) is 29.8 Å². The Morgan fingerprint density at radius 2 is 1.70 bits per heavy atom. The predicted molar refractivity (Wildman–Crippen MR) is 112 cm³/mol. The molecule has 2 N–H and O–H groups in total. The summed E-state index contributed by atoms with van der Waals surface area (Å²) in [4.78, 5) is 25.1. The summed E-state index contributed by atoms with van der Waals surface area (Å²) in [6.07, 6.45) is -0.687. The van der Waals surface area contributed by atoms with Crippen molar-refractivity contribution in [3.05, 3.63) is 81.5 Å². The third-order valence-electron chi connectivity index (χ3n) is 5.11. The number of benzene rings is 2. The maximum atomic E-state index is 12.3. The van der Waals surface area contributed by atoms with Gasteiger partial charge in [-0.3, -0.25) is 0 Å². The number of fused-ring (bicyclic) bond motifs is 3. The molecular formula is C23H18N2O4S. The summed E-state index contributed by atoms with van der Waals surface area (Å²) in [6.45, 7) is 0.115. The number of carboxylic acids is 1. The highest BCUT2D eigenvalue weighted by Crippen LogP contribution is 2.44. The van der Waals surface area contributed by atoms with Gasteiger partial charge in [0.15, 0.2) is 0 Å². The molecule has 150 valence electrons. The molecule has 0 spiro atoms. The molecule has 1 heterocycles. The van der Waals surface area contributed by atoms with Gasteiger partial charge in [0.2, 0.25) is 0 Å². The Morgan fingerprint density at radius 1 is 1.07 bits per heavy atom. The van der Waals surface area contributed by atoms with Crippen molar-refractivity contribution in [1.29, 1.82) is 5.26 Å². The number of hydrogen-bond donors (Lipinski definition) is 2. The number of nitrogens with one attached hydrogen (secondary N) is 1. The number of nitriles is 1. The zero-order valence-electron chi connectivity index (χ0n) is 15.9. The Morgan fingerprint density at radius 3 is 2.27 bits per heavy atom. The molecule has 3 aromatic rings. The van der Waals surface area contributed by atoms with Crippen LogP contribution in [0.15, 0.2) is 60.7 Å². The largest absolute Gasteiger partial charge is 0.480 e. The van der Waals surface area contributed by atoms with Crippen molar-refractivity contribution in [2.24, 2.45) is 0 Å². The Hall–Kier alpha value is -3.63. The van der Waals surface area contributed by atoms with Gasteiger partial charge in [-0.15, -0.1) is 11.3 Å². The molecule has 0 saturated carbocycles. The first-order valence-corrected chi connectivity index (χ1v) is 10.2. The van der Waals surface area contributed by atoms with E-state index in [0.29, 0.717) is 9.75 Å². The zero-order valence-corrected chi connectivity index (χ0v) is 16.7. The van der Waals surface area contributed by atoms with Crippen LogP contribution in [-0.2, 0) is 16.0 Å². The van der Waals surface area contributed by atoms with Gasteiger partial charge in [0.05, 0.1) is 0 Å². The number of carbonyl (C=O) groups excluding carboxylic acids is 1. The number of nitrogens with zero attached hydrogens (tertiary/aromatic N) is 1. The van der Waals surface area contributed by atoms with Crippen molar-refractivity contribution in [2.75, 3.05) is 6.61 Å². The molecule has 2 aromatic carbocycles. The van der Waals surface area contributed by atoms with Gasteiger partial charge in [-0.05, 0) is 34.4 Å². The molecule has 0 bridgehead atoms. The van der Waals surface area contributed by atoms with Crippen molar-refractivity contribution in [2.45, 2.75) is 18.4 Å².